The fraction of sp³-hybridized carbons (Fsp3) is 0.625. The summed E-state index contributed by atoms with van der Waals surface area (Å²) in [4.78, 5) is 40.9. The van der Waals surface area contributed by atoms with Crippen LogP contribution in [0.25, 0.3) is 0 Å². The van der Waals surface area contributed by atoms with Gasteiger partial charge in [0, 0.05) is 17.8 Å². The van der Waals surface area contributed by atoms with Crippen LogP contribution in [0.1, 0.15) is 71.9 Å². The Morgan fingerprint density at radius 3 is 2.27 bits per heavy atom. The van der Waals surface area contributed by atoms with Crippen LogP contribution in [0.3, 0.4) is 0 Å². The quantitative estimate of drug-likeness (QED) is 0.384. The Balaban J connectivity index is 2.35. The number of alkyl carbamates (subject to hydrolysis) is 1. The third-order valence-electron chi connectivity index (χ3n) is 5.21. The van der Waals surface area contributed by atoms with Crippen molar-refractivity contribution in [3.05, 3.63) is 29.8 Å². The van der Waals surface area contributed by atoms with Crippen molar-refractivity contribution in [2.45, 2.75) is 90.1 Å². The summed E-state index contributed by atoms with van der Waals surface area (Å²) >= 11 is 4.28. The van der Waals surface area contributed by atoms with Crippen LogP contribution >= 0.6 is 12.6 Å². The van der Waals surface area contributed by atoms with Crippen LogP contribution < -0.4 is 10.6 Å². The molecule has 0 saturated heterocycles. The SMILES string of the molecule is CCCC(C)NC(=O)C(c1ccc(O)cc1)N(C(=O)C(CS)NC(=O)OC(C)(C)C)C1CC1. The maximum Gasteiger partial charge on any atom is 0.408 e. The normalized spacial score (nSPS) is 16.3. The fourth-order valence-electron chi connectivity index (χ4n) is 3.61. The smallest absolute Gasteiger partial charge is 0.408 e. The van der Waals surface area contributed by atoms with Gasteiger partial charge in [0.25, 0.3) is 0 Å². The van der Waals surface area contributed by atoms with Crippen molar-refractivity contribution < 1.29 is 24.2 Å². The molecule has 0 spiro atoms. The third-order valence-corrected chi connectivity index (χ3v) is 5.58. The van der Waals surface area contributed by atoms with Gasteiger partial charge < -0.3 is 25.4 Å². The Bertz CT molecular complexity index is 820. The summed E-state index contributed by atoms with van der Waals surface area (Å²) in [7, 11) is 0. The van der Waals surface area contributed by atoms with Crippen molar-refractivity contribution >= 4 is 30.5 Å². The Hall–Kier alpha value is -2.42. The van der Waals surface area contributed by atoms with Crippen LogP contribution in [0, 0.1) is 0 Å². The summed E-state index contributed by atoms with van der Waals surface area (Å²) in [6.45, 7) is 9.19. The lowest BCUT2D eigenvalue weighted by Gasteiger charge is -2.35. The maximum absolute atomic E-state index is 13.6. The molecule has 9 heteroatoms. The average molecular weight is 480 g/mol. The highest BCUT2D eigenvalue weighted by Crippen LogP contribution is 2.36. The van der Waals surface area contributed by atoms with Crippen LogP contribution in [0.15, 0.2) is 24.3 Å². The molecule has 0 bridgehead atoms. The minimum atomic E-state index is -0.954. The largest absolute Gasteiger partial charge is 0.508 e. The summed E-state index contributed by atoms with van der Waals surface area (Å²) < 4.78 is 5.30. The van der Waals surface area contributed by atoms with Gasteiger partial charge in [0.15, 0.2) is 0 Å². The van der Waals surface area contributed by atoms with Gasteiger partial charge in [-0.25, -0.2) is 4.79 Å². The highest BCUT2D eigenvalue weighted by molar-refractivity contribution is 7.80. The number of benzene rings is 1. The minimum absolute atomic E-state index is 0.0530. The molecule has 3 N–H and O–H groups in total. The third kappa shape index (κ3) is 8.14. The highest BCUT2D eigenvalue weighted by Gasteiger charge is 2.44. The zero-order valence-corrected chi connectivity index (χ0v) is 21.0. The molecule has 1 aromatic carbocycles. The van der Waals surface area contributed by atoms with E-state index in [1.807, 2.05) is 13.8 Å². The topological polar surface area (TPSA) is 108 Å². The van der Waals surface area contributed by atoms with Crippen LogP contribution in [0.5, 0.6) is 5.75 Å². The fourth-order valence-corrected chi connectivity index (χ4v) is 3.86. The number of carbonyl (C=O) groups excluding carboxylic acids is 3. The first-order chi connectivity index (χ1) is 15.5. The number of carbonyl (C=O) groups is 3. The second kappa shape index (κ2) is 11.6. The lowest BCUT2D eigenvalue weighted by Crippen LogP contribution is -2.55. The summed E-state index contributed by atoms with van der Waals surface area (Å²) in [5.74, 6) is -0.564. The predicted octanol–water partition coefficient (Wildman–Crippen LogP) is 3.55. The summed E-state index contributed by atoms with van der Waals surface area (Å²) in [6, 6.07) is 4.25. The maximum atomic E-state index is 13.6. The van der Waals surface area contributed by atoms with Crippen molar-refractivity contribution in [2.75, 3.05) is 5.75 Å². The van der Waals surface area contributed by atoms with E-state index in [1.54, 1.807) is 37.8 Å². The summed E-state index contributed by atoms with van der Waals surface area (Å²) in [5, 5.41) is 15.3. The summed E-state index contributed by atoms with van der Waals surface area (Å²) in [5.41, 5.74) is -0.127. The number of nitrogens with zero attached hydrogens (tertiary/aromatic N) is 1. The average Bonchev–Trinajstić information content (AvgIpc) is 3.54. The Morgan fingerprint density at radius 2 is 1.79 bits per heavy atom. The number of amides is 3. The summed E-state index contributed by atoms with van der Waals surface area (Å²) in [6.07, 6.45) is 2.55. The zero-order valence-electron chi connectivity index (χ0n) is 20.1. The molecule has 1 aliphatic rings. The lowest BCUT2D eigenvalue weighted by atomic mass is 10.0. The van der Waals surface area contributed by atoms with Crippen molar-refractivity contribution in [1.29, 1.82) is 0 Å². The first-order valence-corrected chi connectivity index (χ1v) is 12.1. The molecule has 184 valence electrons. The van der Waals surface area contributed by atoms with E-state index in [2.05, 4.69) is 23.3 Å². The number of hydrogen-bond acceptors (Lipinski definition) is 6. The van der Waals surface area contributed by atoms with E-state index in [-0.39, 0.29) is 29.5 Å². The van der Waals surface area contributed by atoms with Gasteiger partial charge >= 0.3 is 6.09 Å². The van der Waals surface area contributed by atoms with Crippen LogP contribution in [-0.4, -0.2) is 57.4 Å². The van der Waals surface area contributed by atoms with Crippen molar-refractivity contribution in [3.63, 3.8) is 0 Å². The Morgan fingerprint density at radius 1 is 1.18 bits per heavy atom. The van der Waals surface area contributed by atoms with Crippen LogP contribution in [0.4, 0.5) is 4.79 Å². The van der Waals surface area contributed by atoms with Gasteiger partial charge in [0.2, 0.25) is 11.8 Å². The molecule has 3 amide bonds. The van der Waals surface area contributed by atoms with Crippen molar-refractivity contribution in [3.8, 4) is 5.75 Å². The van der Waals surface area contributed by atoms with Gasteiger partial charge in [-0.2, -0.15) is 12.6 Å². The number of ether oxygens (including phenoxy) is 1. The predicted molar refractivity (Wildman–Crippen MR) is 130 cm³/mol. The monoisotopic (exact) mass is 479 g/mol. The van der Waals surface area contributed by atoms with Gasteiger partial charge in [-0.05, 0) is 64.7 Å². The number of phenols is 1. The van der Waals surface area contributed by atoms with E-state index in [9.17, 15) is 19.5 Å². The second-order valence-corrected chi connectivity index (χ2v) is 9.92. The molecule has 0 aliphatic heterocycles. The number of aromatic hydroxyl groups is 1. The standard InChI is InChI=1S/C24H37N3O5S/c1-6-7-15(2)25-21(29)20(16-8-12-18(28)13-9-16)27(17-10-11-17)22(30)19(14-33)26-23(31)32-24(3,4)5/h8-9,12-13,15,17,19-20,28,33H,6-7,10-11,14H2,1-5H3,(H,25,29)(H,26,31). The minimum Gasteiger partial charge on any atom is -0.508 e. The molecule has 1 saturated carbocycles. The first kappa shape index (κ1) is 26.8. The van der Waals surface area contributed by atoms with E-state index in [1.165, 1.54) is 12.1 Å². The molecule has 3 atom stereocenters. The van der Waals surface area contributed by atoms with Crippen molar-refractivity contribution in [1.82, 2.24) is 15.5 Å². The highest BCUT2D eigenvalue weighted by atomic mass is 32.1. The van der Waals surface area contributed by atoms with E-state index >= 15 is 0 Å². The van der Waals surface area contributed by atoms with Gasteiger partial charge in [0.1, 0.15) is 23.4 Å². The molecule has 0 aromatic heterocycles. The van der Waals surface area contributed by atoms with Gasteiger partial charge in [-0.15, -0.1) is 0 Å². The molecule has 1 aliphatic carbocycles. The lowest BCUT2D eigenvalue weighted by molar-refractivity contribution is -0.143. The molecule has 1 fully saturated rings. The van der Waals surface area contributed by atoms with Crippen LogP contribution in [-0.2, 0) is 14.3 Å². The van der Waals surface area contributed by atoms with Gasteiger partial charge in [0.05, 0.1) is 0 Å². The molecule has 1 aromatic rings. The second-order valence-electron chi connectivity index (χ2n) is 9.55. The van der Waals surface area contributed by atoms with E-state index in [0.717, 1.165) is 25.7 Å². The van der Waals surface area contributed by atoms with Gasteiger partial charge in [-0.3, -0.25) is 9.59 Å². The number of thiol groups is 1. The molecule has 8 nitrogen and oxygen atoms in total. The van der Waals surface area contributed by atoms with Crippen molar-refractivity contribution in [2.24, 2.45) is 0 Å². The van der Waals surface area contributed by atoms with E-state index in [0.29, 0.717) is 5.56 Å². The molecule has 33 heavy (non-hydrogen) atoms. The number of nitrogens with one attached hydrogen (secondary N) is 2. The molecular formula is C24H37N3O5S. The van der Waals surface area contributed by atoms with E-state index < -0.39 is 29.7 Å². The Kier molecular flexibility index (Phi) is 9.46. The molecule has 0 radical (unpaired) electrons. The Labute approximate surface area is 201 Å². The molecule has 3 unspecified atom stereocenters. The number of rotatable bonds is 10. The van der Waals surface area contributed by atoms with E-state index in [4.69, 9.17) is 4.74 Å². The van der Waals surface area contributed by atoms with Gasteiger partial charge in [-0.1, -0.05) is 25.5 Å². The first-order valence-electron chi connectivity index (χ1n) is 11.5. The molecule has 2 rings (SSSR count). The molecule has 0 heterocycles. The van der Waals surface area contributed by atoms with Crippen LogP contribution in [0.2, 0.25) is 0 Å². The number of phenolic OH excluding ortho intramolecular Hbond substituents is 1. The zero-order chi connectivity index (χ0) is 24.8. The number of hydrogen-bond donors (Lipinski definition) is 4. The molecular weight excluding hydrogens is 442 g/mol.